The van der Waals surface area contributed by atoms with E-state index in [1.54, 1.807) is 0 Å². The smallest absolute Gasteiger partial charge is 0.310 e. The number of benzene rings is 1. The van der Waals surface area contributed by atoms with Crippen LogP contribution in [-0.4, -0.2) is 18.7 Å². The Bertz CT molecular complexity index is 461. The minimum atomic E-state index is -0.0919. The van der Waals surface area contributed by atoms with Crippen LogP contribution in [0, 0.1) is 0 Å². The van der Waals surface area contributed by atoms with Crippen molar-refractivity contribution in [3.8, 4) is 5.75 Å². The van der Waals surface area contributed by atoms with Crippen LogP contribution in [-0.2, 0) is 22.4 Å². The van der Waals surface area contributed by atoms with Gasteiger partial charge in [0.2, 0.25) is 0 Å². The van der Waals surface area contributed by atoms with Gasteiger partial charge in [-0.25, -0.2) is 0 Å². The summed E-state index contributed by atoms with van der Waals surface area (Å²) in [5.41, 5.74) is 2.24. The van der Waals surface area contributed by atoms with Gasteiger partial charge in [0.05, 0.1) is 13.0 Å². The molecule has 0 amide bonds. The van der Waals surface area contributed by atoms with Crippen LogP contribution in [0.25, 0.3) is 0 Å². The van der Waals surface area contributed by atoms with Crippen LogP contribution in [0.3, 0.4) is 0 Å². The van der Waals surface area contributed by atoms with Gasteiger partial charge in [0.15, 0.2) is 0 Å². The molecule has 0 atom stereocenters. The van der Waals surface area contributed by atoms with Gasteiger partial charge in [-0.3, -0.25) is 4.79 Å². The third-order valence-electron chi connectivity index (χ3n) is 3.95. The molecule has 0 bridgehead atoms. The summed E-state index contributed by atoms with van der Waals surface area (Å²) in [5.74, 6) is 0.871. The molecule has 0 N–H and O–H groups in total. The molecule has 0 aromatic heterocycles. The average molecular weight is 260 g/mol. The molecule has 1 saturated carbocycles. The van der Waals surface area contributed by atoms with E-state index in [-0.39, 0.29) is 12.1 Å². The summed E-state index contributed by atoms with van der Waals surface area (Å²) in [6.07, 6.45) is 7.19. The number of rotatable bonds is 3. The lowest BCUT2D eigenvalue weighted by Gasteiger charge is -2.21. The normalized spacial score (nSPS) is 18.7. The van der Waals surface area contributed by atoms with Crippen molar-refractivity contribution < 1.29 is 14.3 Å². The molecule has 1 aromatic rings. The highest BCUT2D eigenvalue weighted by Gasteiger charge is 2.18. The number of hydrogen-bond acceptors (Lipinski definition) is 3. The summed E-state index contributed by atoms with van der Waals surface area (Å²) in [6.45, 7) is 0.755. The van der Waals surface area contributed by atoms with Crippen LogP contribution in [0.2, 0.25) is 0 Å². The quantitative estimate of drug-likeness (QED) is 0.784. The topological polar surface area (TPSA) is 35.5 Å². The molecule has 1 fully saturated rings. The highest BCUT2D eigenvalue weighted by molar-refractivity contribution is 5.73. The van der Waals surface area contributed by atoms with E-state index in [0.717, 1.165) is 37.2 Å². The molecule has 1 aromatic carbocycles. The fraction of sp³-hybridized carbons (Fsp3) is 0.562. The van der Waals surface area contributed by atoms with Gasteiger partial charge in [0.25, 0.3) is 0 Å². The van der Waals surface area contributed by atoms with E-state index in [1.165, 1.54) is 24.8 Å². The maximum atomic E-state index is 11.9. The number of hydrogen-bond donors (Lipinski definition) is 0. The summed E-state index contributed by atoms with van der Waals surface area (Å²) >= 11 is 0. The molecule has 1 aliphatic carbocycles. The van der Waals surface area contributed by atoms with E-state index in [2.05, 4.69) is 6.07 Å². The van der Waals surface area contributed by atoms with Crippen LogP contribution in [0.5, 0.6) is 5.75 Å². The van der Waals surface area contributed by atoms with Gasteiger partial charge < -0.3 is 9.47 Å². The van der Waals surface area contributed by atoms with Crippen LogP contribution in [0.1, 0.15) is 43.2 Å². The van der Waals surface area contributed by atoms with Crippen molar-refractivity contribution in [2.45, 2.75) is 51.0 Å². The Kier molecular flexibility index (Phi) is 3.72. The summed E-state index contributed by atoms with van der Waals surface area (Å²) in [5, 5.41) is 0. The maximum Gasteiger partial charge on any atom is 0.310 e. The second kappa shape index (κ2) is 5.64. The molecule has 102 valence electrons. The van der Waals surface area contributed by atoms with Crippen LogP contribution in [0.15, 0.2) is 18.2 Å². The number of fused-ring (bicyclic) bond motifs is 1. The van der Waals surface area contributed by atoms with Gasteiger partial charge in [0.1, 0.15) is 11.9 Å². The lowest BCUT2D eigenvalue weighted by atomic mass is 9.98. The Labute approximate surface area is 113 Å². The Balaban J connectivity index is 1.56. The zero-order chi connectivity index (χ0) is 13.1. The van der Waals surface area contributed by atoms with Crippen molar-refractivity contribution in [1.82, 2.24) is 0 Å². The van der Waals surface area contributed by atoms with Gasteiger partial charge >= 0.3 is 5.97 Å². The van der Waals surface area contributed by atoms with Crippen molar-refractivity contribution in [3.05, 3.63) is 29.3 Å². The van der Waals surface area contributed by atoms with Crippen molar-refractivity contribution >= 4 is 5.97 Å². The Hall–Kier alpha value is -1.51. The Morgan fingerprint density at radius 2 is 2.11 bits per heavy atom. The Morgan fingerprint density at radius 1 is 1.26 bits per heavy atom. The minimum Gasteiger partial charge on any atom is -0.493 e. The fourth-order valence-electron chi connectivity index (χ4n) is 2.93. The third-order valence-corrected chi connectivity index (χ3v) is 3.95. The molecule has 1 heterocycles. The lowest BCUT2D eigenvalue weighted by molar-refractivity contribution is -0.149. The third kappa shape index (κ3) is 3.09. The molecule has 2 aliphatic rings. The van der Waals surface area contributed by atoms with Crippen LogP contribution in [0.4, 0.5) is 0 Å². The molecule has 0 spiro atoms. The standard InChI is InChI=1S/C16H20O3/c17-16(19-14-4-2-1-3-5-14)11-12-6-7-15-13(10-12)8-9-18-15/h6-7,10,14H,1-5,8-9,11H2. The first kappa shape index (κ1) is 12.5. The van der Waals surface area contributed by atoms with E-state index in [4.69, 9.17) is 9.47 Å². The predicted molar refractivity (Wildman–Crippen MR) is 72.3 cm³/mol. The van der Waals surface area contributed by atoms with Gasteiger partial charge in [-0.1, -0.05) is 18.6 Å². The molecule has 19 heavy (non-hydrogen) atoms. The highest BCUT2D eigenvalue weighted by Crippen LogP contribution is 2.26. The second-order valence-electron chi connectivity index (χ2n) is 5.47. The van der Waals surface area contributed by atoms with E-state index < -0.39 is 0 Å². The molecular formula is C16H20O3. The first-order valence-electron chi connectivity index (χ1n) is 7.25. The first-order chi connectivity index (χ1) is 9.31. The largest absolute Gasteiger partial charge is 0.493 e. The minimum absolute atomic E-state index is 0.0919. The predicted octanol–water partition coefficient (Wildman–Crippen LogP) is 3.04. The van der Waals surface area contributed by atoms with Crippen molar-refractivity contribution in [1.29, 1.82) is 0 Å². The zero-order valence-corrected chi connectivity index (χ0v) is 11.2. The molecule has 1 aliphatic heterocycles. The van der Waals surface area contributed by atoms with E-state index in [9.17, 15) is 4.79 Å². The maximum absolute atomic E-state index is 11.9. The van der Waals surface area contributed by atoms with Gasteiger partial charge in [-0.2, -0.15) is 0 Å². The molecule has 3 heteroatoms. The summed E-state index contributed by atoms with van der Waals surface area (Å²) in [6, 6.07) is 6.00. The summed E-state index contributed by atoms with van der Waals surface area (Å²) in [4.78, 5) is 11.9. The molecule has 0 saturated heterocycles. The van der Waals surface area contributed by atoms with Crippen LogP contribution >= 0.6 is 0 Å². The number of ether oxygens (including phenoxy) is 2. The second-order valence-corrected chi connectivity index (χ2v) is 5.47. The first-order valence-corrected chi connectivity index (χ1v) is 7.25. The van der Waals surface area contributed by atoms with Gasteiger partial charge in [-0.05, 0) is 42.9 Å². The summed E-state index contributed by atoms with van der Waals surface area (Å²) in [7, 11) is 0. The Morgan fingerprint density at radius 3 is 2.95 bits per heavy atom. The van der Waals surface area contributed by atoms with E-state index in [1.807, 2.05) is 12.1 Å². The van der Waals surface area contributed by atoms with Crippen LogP contribution < -0.4 is 4.74 Å². The lowest BCUT2D eigenvalue weighted by Crippen LogP contribution is -2.21. The molecule has 3 nitrogen and oxygen atoms in total. The van der Waals surface area contributed by atoms with E-state index >= 15 is 0 Å². The number of carbonyl (C=O) groups is 1. The van der Waals surface area contributed by atoms with Crippen molar-refractivity contribution in [2.75, 3.05) is 6.61 Å². The summed E-state index contributed by atoms with van der Waals surface area (Å²) < 4.78 is 11.0. The van der Waals surface area contributed by atoms with E-state index in [0.29, 0.717) is 6.42 Å². The van der Waals surface area contributed by atoms with Crippen molar-refractivity contribution in [2.24, 2.45) is 0 Å². The number of carbonyl (C=O) groups excluding carboxylic acids is 1. The SMILES string of the molecule is O=C(Cc1ccc2c(c1)CCO2)OC1CCCCC1. The molecule has 0 radical (unpaired) electrons. The monoisotopic (exact) mass is 260 g/mol. The molecule has 3 rings (SSSR count). The van der Waals surface area contributed by atoms with Gasteiger partial charge in [-0.15, -0.1) is 0 Å². The van der Waals surface area contributed by atoms with Crippen molar-refractivity contribution in [3.63, 3.8) is 0 Å². The molecular weight excluding hydrogens is 240 g/mol. The fourth-order valence-corrected chi connectivity index (χ4v) is 2.93. The van der Waals surface area contributed by atoms with Gasteiger partial charge in [0, 0.05) is 6.42 Å². The highest BCUT2D eigenvalue weighted by atomic mass is 16.5. The average Bonchev–Trinajstić information content (AvgIpc) is 2.87. The zero-order valence-electron chi connectivity index (χ0n) is 11.2. The molecule has 0 unspecified atom stereocenters. The number of esters is 1.